The van der Waals surface area contributed by atoms with E-state index in [4.69, 9.17) is 0 Å². The fraction of sp³-hybridized carbons (Fsp3) is 0.409. The molecule has 2 atom stereocenters. The molecule has 3 nitrogen and oxygen atoms in total. The molecule has 0 bridgehead atoms. The average Bonchev–Trinajstić information content (AvgIpc) is 2.61. The zero-order valence-electron chi connectivity index (χ0n) is 15.3. The molecular weight excluding hydrogens is 308 g/mol. The van der Waals surface area contributed by atoms with E-state index in [1.54, 1.807) is 0 Å². The number of likely N-dealkylation sites (tertiary alicyclic amines) is 1. The van der Waals surface area contributed by atoms with Crippen LogP contribution in [-0.4, -0.2) is 24.5 Å². The molecule has 0 aromatic heterocycles. The maximum atomic E-state index is 12.6. The monoisotopic (exact) mass is 337 g/mol. The van der Waals surface area contributed by atoms with Crippen molar-refractivity contribution in [3.05, 3.63) is 65.7 Å². The van der Waals surface area contributed by atoms with Crippen LogP contribution in [0, 0.1) is 0 Å². The highest BCUT2D eigenvalue weighted by Crippen LogP contribution is 2.19. The Morgan fingerprint density at radius 1 is 1.00 bits per heavy atom. The molecule has 132 valence electrons. The molecule has 0 saturated carbocycles. The van der Waals surface area contributed by atoms with E-state index in [1.165, 1.54) is 29.7 Å². The third-order valence-electron chi connectivity index (χ3n) is 5.43. The number of rotatable bonds is 5. The zero-order chi connectivity index (χ0) is 17.6. The maximum Gasteiger partial charge on any atom is 0.279 e. The quantitative estimate of drug-likeness (QED) is 0.864. The van der Waals surface area contributed by atoms with E-state index in [1.807, 2.05) is 24.3 Å². The number of anilines is 1. The van der Waals surface area contributed by atoms with E-state index < -0.39 is 0 Å². The van der Waals surface area contributed by atoms with Crippen LogP contribution in [-0.2, 0) is 11.2 Å². The van der Waals surface area contributed by atoms with Gasteiger partial charge in [0.2, 0.25) is 0 Å². The van der Waals surface area contributed by atoms with Crippen LogP contribution >= 0.6 is 0 Å². The summed E-state index contributed by atoms with van der Waals surface area (Å²) in [6.45, 7) is 5.09. The SMILES string of the molecule is C[C@@H]1CCC[C@@H](C)[NH+]1CC(=O)Nc1ccccc1Cc1ccccc1. The normalized spacial score (nSPS) is 21.0. The summed E-state index contributed by atoms with van der Waals surface area (Å²) in [6.07, 6.45) is 4.56. The van der Waals surface area contributed by atoms with Gasteiger partial charge in [-0.25, -0.2) is 0 Å². The van der Waals surface area contributed by atoms with Crippen molar-refractivity contribution < 1.29 is 9.69 Å². The van der Waals surface area contributed by atoms with Gasteiger partial charge in [-0.15, -0.1) is 0 Å². The molecule has 1 amide bonds. The highest BCUT2D eigenvalue weighted by Gasteiger charge is 2.30. The fourth-order valence-electron chi connectivity index (χ4n) is 3.93. The van der Waals surface area contributed by atoms with Crippen molar-refractivity contribution in [3.63, 3.8) is 0 Å². The standard InChI is InChI=1S/C22H28N2O/c1-17-9-8-10-18(2)24(17)16-22(25)23-21-14-7-6-13-20(21)15-19-11-4-3-5-12-19/h3-7,11-14,17-18H,8-10,15-16H2,1-2H3,(H,23,25)/p+1/t17-,18-/m1/s1. The van der Waals surface area contributed by atoms with Gasteiger partial charge in [-0.05, 0) is 56.7 Å². The highest BCUT2D eigenvalue weighted by atomic mass is 16.2. The largest absolute Gasteiger partial charge is 0.323 e. The summed E-state index contributed by atoms with van der Waals surface area (Å²) < 4.78 is 0. The number of carbonyl (C=O) groups is 1. The van der Waals surface area contributed by atoms with Gasteiger partial charge in [0.15, 0.2) is 6.54 Å². The van der Waals surface area contributed by atoms with Gasteiger partial charge in [0.1, 0.15) is 0 Å². The Morgan fingerprint density at radius 3 is 2.36 bits per heavy atom. The van der Waals surface area contributed by atoms with Gasteiger partial charge in [-0.2, -0.15) is 0 Å². The number of quaternary nitrogens is 1. The fourth-order valence-corrected chi connectivity index (χ4v) is 3.93. The number of benzene rings is 2. The molecule has 1 aliphatic heterocycles. The molecular formula is C22H29N2O+. The summed E-state index contributed by atoms with van der Waals surface area (Å²) in [6, 6.07) is 19.6. The molecule has 2 aromatic rings. The van der Waals surface area contributed by atoms with Gasteiger partial charge in [-0.1, -0.05) is 48.5 Å². The van der Waals surface area contributed by atoms with Crippen LogP contribution < -0.4 is 10.2 Å². The number of amides is 1. The molecule has 1 saturated heterocycles. The number of hydrogen-bond donors (Lipinski definition) is 2. The van der Waals surface area contributed by atoms with Crippen molar-refractivity contribution in [2.24, 2.45) is 0 Å². The van der Waals surface area contributed by atoms with Gasteiger partial charge in [0.05, 0.1) is 12.1 Å². The van der Waals surface area contributed by atoms with Crippen LogP contribution in [0.5, 0.6) is 0 Å². The molecule has 2 aromatic carbocycles. The van der Waals surface area contributed by atoms with Crippen molar-refractivity contribution in [3.8, 4) is 0 Å². The first-order chi connectivity index (χ1) is 12.1. The Hall–Kier alpha value is -2.13. The topological polar surface area (TPSA) is 33.5 Å². The molecule has 0 radical (unpaired) electrons. The molecule has 3 heteroatoms. The molecule has 1 heterocycles. The van der Waals surface area contributed by atoms with E-state index >= 15 is 0 Å². The van der Waals surface area contributed by atoms with Crippen molar-refractivity contribution in [2.75, 3.05) is 11.9 Å². The molecule has 2 N–H and O–H groups in total. The highest BCUT2D eigenvalue weighted by molar-refractivity contribution is 5.92. The van der Waals surface area contributed by atoms with E-state index in [9.17, 15) is 4.79 Å². The lowest BCUT2D eigenvalue weighted by Gasteiger charge is -2.35. The van der Waals surface area contributed by atoms with E-state index in [0.29, 0.717) is 18.6 Å². The summed E-state index contributed by atoms with van der Waals surface area (Å²) in [5, 5.41) is 3.16. The second-order valence-electron chi connectivity index (χ2n) is 7.35. The Bertz CT molecular complexity index is 688. The van der Waals surface area contributed by atoms with Gasteiger partial charge in [-0.3, -0.25) is 4.79 Å². The van der Waals surface area contributed by atoms with Crippen LogP contribution in [0.2, 0.25) is 0 Å². The lowest BCUT2D eigenvalue weighted by atomic mass is 9.97. The summed E-state index contributed by atoms with van der Waals surface area (Å²) in [5.41, 5.74) is 3.36. The number of carbonyl (C=O) groups excluding carboxylic acids is 1. The van der Waals surface area contributed by atoms with Crippen molar-refractivity contribution >= 4 is 11.6 Å². The maximum absolute atomic E-state index is 12.6. The van der Waals surface area contributed by atoms with E-state index in [2.05, 4.69) is 49.5 Å². The second kappa shape index (κ2) is 8.30. The predicted molar refractivity (Wildman–Crippen MR) is 103 cm³/mol. The molecule has 0 spiro atoms. The van der Waals surface area contributed by atoms with Crippen LogP contribution in [0.1, 0.15) is 44.2 Å². The van der Waals surface area contributed by atoms with E-state index in [0.717, 1.165) is 17.7 Å². The minimum atomic E-state index is 0.121. The van der Waals surface area contributed by atoms with Crippen LogP contribution in [0.4, 0.5) is 5.69 Å². The Labute approximate surface area is 151 Å². The molecule has 1 aliphatic rings. The van der Waals surface area contributed by atoms with Crippen molar-refractivity contribution in [1.29, 1.82) is 0 Å². The first-order valence-electron chi connectivity index (χ1n) is 9.40. The van der Waals surface area contributed by atoms with E-state index in [-0.39, 0.29) is 5.91 Å². The van der Waals surface area contributed by atoms with Gasteiger partial charge >= 0.3 is 0 Å². The number of piperidine rings is 1. The van der Waals surface area contributed by atoms with Crippen LogP contribution in [0.15, 0.2) is 54.6 Å². The third-order valence-corrected chi connectivity index (χ3v) is 5.43. The smallest absolute Gasteiger partial charge is 0.279 e. The summed E-state index contributed by atoms with van der Waals surface area (Å²) in [7, 11) is 0. The minimum Gasteiger partial charge on any atom is -0.323 e. The van der Waals surface area contributed by atoms with Crippen LogP contribution in [0.25, 0.3) is 0 Å². The van der Waals surface area contributed by atoms with Crippen molar-refractivity contribution in [1.82, 2.24) is 0 Å². The first kappa shape index (κ1) is 17.7. The predicted octanol–water partition coefficient (Wildman–Crippen LogP) is 3.06. The minimum absolute atomic E-state index is 0.121. The third kappa shape index (κ3) is 4.70. The lowest BCUT2D eigenvalue weighted by molar-refractivity contribution is -0.943. The second-order valence-corrected chi connectivity index (χ2v) is 7.35. The lowest BCUT2D eigenvalue weighted by Crippen LogP contribution is -3.20. The Balaban J connectivity index is 1.67. The Kier molecular flexibility index (Phi) is 5.87. The summed E-state index contributed by atoms with van der Waals surface area (Å²) in [4.78, 5) is 14.1. The Morgan fingerprint density at radius 2 is 1.64 bits per heavy atom. The average molecular weight is 337 g/mol. The molecule has 0 aliphatic carbocycles. The molecule has 3 rings (SSSR count). The summed E-state index contributed by atoms with van der Waals surface area (Å²) in [5.74, 6) is 0.121. The number of para-hydroxylation sites is 1. The summed E-state index contributed by atoms with van der Waals surface area (Å²) >= 11 is 0. The van der Waals surface area contributed by atoms with Crippen molar-refractivity contribution in [2.45, 2.75) is 51.6 Å². The number of hydrogen-bond acceptors (Lipinski definition) is 1. The van der Waals surface area contributed by atoms with Gasteiger partial charge < -0.3 is 10.2 Å². The van der Waals surface area contributed by atoms with Gasteiger partial charge in [0.25, 0.3) is 5.91 Å². The molecule has 25 heavy (non-hydrogen) atoms. The molecule has 1 fully saturated rings. The number of nitrogens with one attached hydrogen (secondary N) is 2. The van der Waals surface area contributed by atoms with Gasteiger partial charge in [0, 0.05) is 5.69 Å². The zero-order valence-corrected chi connectivity index (χ0v) is 15.3. The first-order valence-corrected chi connectivity index (χ1v) is 9.40. The van der Waals surface area contributed by atoms with Crippen LogP contribution in [0.3, 0.4) is 0 Å². The molecule has 0 unspecified atom stereocenters.